The van der Waals surface area contributed by atoms with Gasteiger partial charge in [-0.15, -0.1) is 0 Å². The van der Waals surface area contributed by atoms with Crippen LogP contribution in [0.5, 0.6) is 5.75 Å². The summed E-state index contributed by atoms with van der Waals surface area (Å²) in [4.78, 5) is 2.81. The highest BCUT2D eigenvalue weighted by molar-refractivity contribution is 5.45. The van der Waals surface area contributed by atoms with E-state index in [1.165, 1.54) is 56.3 Å². The van der Waals surface area contributed by atoms with Gasteiger partial charge in [-0.25, -0.2) is 0 Å². The molecule has 3 heteroatoms. The molecule has 118 valence electrons. The van der Waals surface area contributed by atoms with Crippen LogP contribution in [0.4, 0.5) is 0 Å². The second kappa shape index (κ2) is 4.72. The number of likely N-dealkylation sites (tertiary alicyclic amines) is 1. The first-order chi connectivity index (χ1) is 10.8. The lowest BCUT2D eigenvalue weighted by Gasteiger charge is -2.59. The fraction of sp³-hybridized carbons (Fsp3) is 0.684. The minimum absolute atomic E-state index is 0.322. The van der Waals surface area contributed by atoms with Gasteiger partial charge in [0.1, 0.15) is 5.75 Å². The number of phenolic OH excluding ortho intramolecular Hbond substituents is 1. The second-order valence-electron chi connectivity index (χ2n) is 8.02. The molecular weight excluding hydrogens is 272 g/mol. The van der Waals surface area contributed by atoms with Crippen LogP contribution in [0.3, 0.4) is 0 Å². The molecule has 3 fully saturated rings. The van der Waals surface area contributed by atoms with E-state index in [4.69, 9.17) is 0 Å². The maximum Gasteiger partial charge on any atom is 0.115 e. The first kappa shape index (κ1) is 13.4. The summed E-state index contributed by atoms with van der Waals surface area (Å²) < 4.78 is 0. The molecule has 0 radical (unpaired) electrons. The van der Waals surface area contributed by atoms with Crippen molar-refractivity contribution in [2.24, 2.45) is 11.8 Å². The number of benzene rings is 1. The Morgan fingerprint density at radius 2 is 2.18 bits per heavy atom. The van der Waals surface area contributed by atoms with E-state index in [2.05, 4.69) is 22.3 Å². The molecule has 2 heterocycles. The van der Waals surface area contributed by atoms with E-state index in [1.54, 1.807) is 0 Å². The summed E-state index contributed by atoms with van der Waals surface area (Å²) in [6.45, 7) is 4.86. The Bertz CT molecular complexity index is 597. The zero-order chi connectivity index (χ0) is 14.7. The van der Waals surface area contributed by atoms with Gasteiger partial charge in [0.25, 0.3) is 0 Å². The van der Waals surface area contributed by atoms with Crippen LogP contribution in [0.25, 0.3) is 0 Å². The molecule has 1 aromatic carbocycles. The predicted octanol–water partition coefficient (Wildman–Crippen LogP) is 2.28. The van der Waals surface area contributed by atoms with Crippen molar-refractivity contribution >= 4 is 0 Å². The smallest absolute Gasteiger partial charge is 0.115 e. The lowest BCUT2D eigenvalue weighted by molar-refractivity contribution is -0.00557. The summed E-state index contributed by atoms with van der Waals surface area (Å²) in [6, 6.07) is 6.87. The van der Waals surface area contributed by atoms with Crippen molar-refractivity contribution < 1.29 is 5.11 Å². The number of nitrogens with one attached hydrogen (secondary N) is 1. The van der Waals surface area contributed by atoms with Gasteiger partial charge in [0.2, 0.25) is 0 Å². The van der Waals surface area contributed by atoms with E-state index in [-0.39, 0.29) is 0 Å². The molecule has 2 saturated heterocycles. The third-order valence-electron chi connectivity index (χ3n) is 6.85. The van der Waals surface area contributed by atoms with Crippen molar-refractivity contribution in [3.05, 3.63) is 29.3 Å². The summed E-state index contributed by atoms with van der Waals surface area (Å²) in [6.07, 6.45) is 6.58. The number of aromatic hydroxyl groups is 1. The van der Waals surface area contributed by atoms with E-state index >= 15 is 0 Å². The van der Waals surface area contributed by atoms with Gasteiger partial charge in [0.05, 0.1) is 0 Å². The molecule has 3 nitrogen and oxygen atoms in total. The molecular formula is C19H26N2O. The molecule has 0 aromatic heterocycles. The molecule has 2 bridgehead atoms. The summed E-state index contributed by atoms with van der Waals surface area (Å²) in [5.74, 6) is 2.15. The van der Waals surface area contributed by atoms with Gasteiger partial charge in [-0.2, -0.15) is 0 Å². The molecule has 22 heavy (non-hydrogen) atoms. The molecule has 5 rings (SSSR count). The van der Waals surface area contributed by atoms with Crippen molar-refractivity contribution in [2.75, 3.05) is 26.2 Å². The summed E-state index contributed by atoms with van der Waals surface area (Å²) in [5, 5.41) is 13.7. The molecule has 2 aliphatic heterocycles. The number of hydrogen-bond acceptors (Lipinski definition) is 3. The largest absolute Gasteiger partial charge is 0.508 e. The number of nitrogens with zero attached hydrogens (tertiary/aromatic N) is 1. The van der Waals surface area contributed by atoms with Gasteiger partial charge in [-0.3, -0.25) is 4.90 Å². The zero-order valence-corrected chi connectivity index (χ0v) is 13.2. The molecule has 0 spiro atoms. The number of rotatable bonds is 2. The Balaban J connectivity index is 1.58. The van der Waals surface area contributed by atoms with Gasteiger partial charge < -0.3 is 10.4 Å². The lowest BCUT2D eigenvalue weighted by Crippen LogP contribution is -2.65. The van der Waals surface area contributed by atoms with Crippen LogP contribution in [-0.4, -0.2) is 42.2 Å². The van der Waals surface area contributed by atoms with E-state index in [0.717, 1.165) is 24.9 Å². The molecule has 0 amide bonds. The van der Waals surface area contributed by atoms with E-state index in [1.807, 2.05) is 6.07 Å². The van der Waals surface area contributed by atoms with Crippen LogP contribution in [0.2, 0.25) is 0 Å². The standard InChI is InChI=1S/C19H26N2O/c22-15-4-3-14-9-18-17-11-20-7-5-19(17,16(14)10-15)6-8-21(18)12-13-1-2-13/h3-4,10,13,17-18,20,22H,1-2,5-9,11-12H2/t17-,18+,19-/m0/s1. The first-order valence-electron chi connectivity index (χ1n) is 9.03. The Morgan fingerprint density at radius 3 is 3.05 bits per heavy atom. The Kier molecular flexibility index (Phi) is 2.87. The van der Waals surface area contributed by atoms with Crippen LogP contribution >= 0.6 is 0 Å². The van der Waals surface area contributed by atoms with Gasteiger partial charge >= 0.3 is 0 Å². The molecule has 1 aromatic rings. The fourth-order valence-electron chi connectivity index (χ4n) is 5.56. The van der Waals surface area contributed by atoms with Crippen molar-refractivity contribution in [3.8, 4) is 5.75 Å². The number of phenols is 1. The summed E-state index contributed by atoms with van der Waals surface area (Å²) in [7, 11) is 0. The highest BCUT2D eigenvalue weighted by Crippen LogP contribution is 2.53. The van der Waals surface area contributed by atoms with Gasteiger partial charge in [-0.05, 0) is 80.3 Å². The lowest BCUT2D eigenvalue weighted by atomic mass is 9.55. The van der Waals surface area contributed by atoms with E-state index in [9.17, 15) is 5.11 Å². The van der Waals surface area contributed by atoms with Crippen LogP contribution in [0.15, 0.2) is 18.2 Å². The third-order valence-corrected chi connectivity index (χ3v) is 6.85. The molecule has 4 aliphatic rings. The first-order valence-corrected chi connectivity index (χ1v) is 9.03. The Morgan fingerprint density at radius 1 is 1.27 bits per heavy atom. The van der Waals surface area contributed by atoms with Crippen LogP contribution in [0, 0.1) is 11.8 Å². The minimum atomic E-state index is 0.322. The van der Waals surface area contributed by atoms with Crippen LogP contribution < -0.4 is 5.32 Å². The monoisotopic (exact) mass is 298 g/mol. The van der Waals surface area contributed by atoms with E-state index in [0.29, 0.717) is 17.2 Å². The zero-order valence-electron chi connectivity index (χ0n) is 13.2. The second-order valence-corrected chi connectivity index (χ2v) is 8.02. The average Bonchev–Trinajstić information content (AvgIpc) is 3.35. The fourth-order valence-corrected chi connectivity index (χ4v) is 5.56. The van der Waals surface area contributed by atoms with Crippen molar-refractivity contribution in [2.45, 2.75) is 43.6 Å². The Labute approximate surface area is 132 Å². The maximum atomic E-state index is 10.0. The van der Waals surface area contributed by atoms with Crippen LogP contribution in [0.1, 0.15) is 36.8 Å². The highest BCUT2D eigenvalue weighted by Gasteiger charge is 2.54. The number of fused-ring (bicyclic) bond motifs is 1. The van der Waals surface area contributed by atoms with Gasteiger partial charge in [-0.1, -0.05) is 6.07 Å². The molecule has 2 N–H and O–H groups in total. The number of piperidine rings is 2. The topological polar surface area (TPSA) is 35.5 Å². The molecule has 0 unspecified atom stereocenters. The quantitative estimate of drug-likeness (QED) is 0.879. The van der Waals surface area contributed by atoms with Gasteiger partial charge in [0, 0.05) is 24.5 Å². The Hall–Kier alpha value is -1.06. The normalized spacial score (nSPS) is 37.5. The predicted molar refractivity (Wildman–Crippen MR) is 87.2 cm³/mol. The van der Waals surface area contributed by atoms with Gasteiger partial charge in [0.15, 0.2) is 0 Å². The average molecular weight is 298 g/mol. The summed E-state index contributed by atoms with van der Waals surface area (Å²) >= 11 is 0. The minimum Gasteiger partial charge on any atom is -0.508 e. The molecule has 2 aliphatic carbocycles. The molecule has 1 saturated carbocycles. The maximum absolute atomic E-state index is 10.0. The highest BCUT2D eigenvalue weighted by atomic mass is 16.3. The SMILES string of the molecule is Oc1ccc2c(c1)[C@@]13CCNC[C@H]1[C@@H](C2)N(CC1CC1)CC3. The van der Waals surface area contributed by atoms with Crippen LogP contribution in [-0.2, 0) is 11.8 Å². The van der Waals surface area contributed by atoms with Crippen molar-refractivity contribution in [1.29, 1.82) is 0 Å². The summed E-state index contributed by atoms with van der Waals surface area (Å²) in [5.41, 5.74) is 3.30. The van der Waals surface area contributed by atoms with Crippen molar-refractivity contribution in [3.63, 3.8) is 0 Å². The molecule has 3 atom stereocenters. The van der Waals surface area contributed by atoms with Crippen molar-refractivity contribution in [1.82, 2.24) is 10.2 Å². The third kappa shape index (κ3) is 1.88. The number of hydrogen-bond donors (Lipinski definition) is 2. The van der Waals surface area contributed by atoms with E-state index < -0.39 is 0 Å².